The number of anilines is 1. The zero-order chi connectivity index (χ0) is 12.1. The first-order valence-electron chi connectivity index (χ1n) is 6.32. The molecule has 1 atom stereocenters. The number of hydrogen-bond donors (Lipinski definition) is 1. The lowest BCUT2D eigenvalue weighted by Crippen LogP contribution is -2.38. The van der Waals surface area contributed by atoms with Crippen molar-refractivity contribution in [3.05, 3.63) is 18.3 Å². The minimum Gasteiger partial charge on any atom is -0.490 e. The van der Waals surface area contributed by atoms with Crippen molar-refractivity contribution in [3.63, 3.8) is 0 Å². The summed E-state index contributed by atoms with van der Waals surface area (Å²) in [7, 11) is 0. The molecule has 94 valence electrons. The molecule has 2 rings (SSSR count). The molecule has 0 saturated carbocycles. The van der Waals surface area contributed by atoms with Gasteiger partial charge in [-0.15, -0.1) is 0 Å². The largest absolute Gasteiger partial charge is 0.490 e. The van der Waals surface area contributed by atoms with Crippen molar-refractivity contribution in [2.45, 2.75) is 32.3 Å². The van der Waals surface area contributed by atoms with Crippen LogP contribution in [-0.2, 0) is 0 Å². The van der Waals surface area contributed by atoms with Crippen LogP contribution >= 0.6 is 0 Å². The highest BCUT2D eigenvalue weighted by molar-refractivity contribution is 5.52. The van der Waals surface area contributed by atoms with E-state index in [1.54, 1.807) is 6.20 Å². The quantitative estimate of drug-likeness (QED) is 0.866. The van der Waals surface area contributed by atoms with Crippen LogP contribution in [0, 0.1) is 0 Å². The highest BCUT2D eigenvalue weighted by Crippen LogP contribution is 2.27. The number of nitrogens with zero attached hydrogens (tertiary/aromatic N) is 2. The summed E-state index contributed by atoms with van der Waals surface area (Å²) in [4.78, 5) is 6.49. The molecule has 1 fully saturated rings. The number of aliphatic hydroxyl groups excluding tert-OH is 1. The summed E-state index contributed by atoms with van der Waals surface area (Å²) in [5, 5.41) is 9.70. The highest BCUT2D eigenvalue weighted by Gasteiger charge is 2.21. The molecule has 0 bridgehead atoms. The standard InChI is InChI=1S/C13H20N2O2/c1-2-9-17-12-6-3-7-14-13(12)15-8-4-5-11(16)10-15/h3,6-7,11,16H,2,4-5,8-10H2,1H3/t11-/m0/s1. The third-order valence-corrected chi connectivity index (χ3v) is 2.91. The lowest BCUT2D eigenvalue weighted by atomic mass is 10.1. The minimum absolute atomic E-state index is 0.246. The van der Waals surface area contributed by atoms with Crippen molar-refractivity contribution < 1.29 is 9.84 Å². The van der Waals surface area contributed by atoms with Gasteiger partial charge in [0.1, 0.15) is 0 Å². The average molecular weight is 236 g/mol. The molecular weight excluding hydrogens is 216 g/mol. The monoisotopic (exact) mass is 236 g/mol. The number of aliphatic hydroxyl groups is 1. The van der Waals surface area contributed by atoms with Crippen molar-refractivity contribution >= 4 is 5.82 Å². The lowest BCUT2D eigenvalue weighted by molar-refractivity contribution is 0.153. The molecule has 17 heavy (non-hydrogen) atoms. The van der Waals surface area contributed by atoms with E-state index in [4.69, 9.17) is 4.74 Å². The molecule has 2 heterocycles. The number of rotatable bonds is 4. The molecule has 1 N–H and O–H groups in total. The van der Waals surface area contributed by atoms with Crippen LogP contribution in [0.5, 0.6) is 5.75 Å². The van der Waals surface area contributed by atoms with Crippen molar-refractivity contribution in [1.29, 1.82) is 0 Å². The van der Waals surface area contributed by atoms with Crippen molar-refractivity contribution in [1.82, 2.24) is 4.98 Å². The second-order valence-electron chi connectivity index (χ2n) is 4.42. The van der Waals surface area contributed by atoms with E-state index >= 15 is 0 Å². The van der Waals surface area contributed by atoms with E-state index in [1.807, 2.05) is 12.1 Å². The Labute approximate surface area is 102 Å². The van der Waals surface area contributed by atoms with Crippen LogP contribution in [0.2, 0.25) is 0 Å². The fourth-order valence-electron chi connectivity index (χ4n) is 2.09. The molecule has 0 aliphatic carbocycles. The van der Waals surface area contributed by atoms with E-state index in [-0.39, 0.29) is 6.10 Å². The Hall–Kier alpha value is -1.29. The van der Waals surface area contributed by atoms with Crippen LogP contribution in [0.3, 0.4) is 0 Å². The van der Waals surface area contributed by atoms with Crippen molar-refractivity contribution in [3.8, 4) is 5.75 Å². The predicted molar refractivity (Wildman–Crippen MR) is 67.5 cm³/mol. The normalized spacial score (nSPS) is 20.4. The predicted octanol–water partition coefficient (Wildman–Crippen LogP) is 1.83. The Morgan fingerprint density at radius 1 is 1.59 bits per heavy atom. The Morgan fingerprint density at radius 2 is 2.47 bits per heavy atom. The summed E-state index contributed by atoms with van der Waals surface area (Å²) < 4.78 is 5.69. The summed E-state index contributed by atoms with van der Waals surface area (Å²) in [6.45, 7) is 4.38. The molecule has 0 unspecified atom stereocenters. The summed E-state index contributed by atoms with van der Waals surface area (Å²) in [6, 6.07) is 3.83. The van der Waals surface area contributed by atoms with Crippen LogP contribution in [0.25, 0.3) is 0 Å². The van der Waals surface area contributed by atoms with Gasteiger partial charge in [0.15, 0.2) is 11.6 Å². The van der Waals surface area contributed by atoms with E-state index in [1.165, 1.54) is 0 Å². The second kappa shape index (κ2) is 5.87. The fourth-order valence-corrected chi connectivity index (χ4v) is 2.09. The van der Waals surface area contributed by atoms with Gasteiger partial charge in [-0.05, 0) is 31.4 Å². The summed E-state index contributed by atoms with van der Waals surface area (Å²) in [6.07, 6.45) is 4.40. The Bertz CT molecular complexity index is 357. The van der Waals surface area contributed by atoms with Gasteiger partial charge in [-0.2, -0.15) is 0 Å². The maximum absolute atomic E-state index is 9.70. The molecule has 1 aromatic rings. The SMILES string of the molecule is CCCOc1cccnc1N1CCC[C@H](O)C1. The molecule has 0 amide bonds. The van der Waals surface area contributed by atoms with Gasteiger partial charge in [0.2, 0.25) is 0 Å². The van der Waals surface area contributed by atoms with Gasteiger partial charge >= 0.3 is 0 Å². The highest BCUT2D eigenvalue weighted by atomic mass is 16.5. The number of pyridine rings is 1. The lowest BCUT2D eigenvalue weighted by Gasteiger charge is -2.31. The number of hydrogen-bond acceptors (Lipinski definition) is 4. The molecule has 0 spiro atoms. The van der Waals surface area contributed by atoms with Crippen LogP contribution < -0.4 is 9.64 Å². The van der Waals surface area contributed by atoms with Crippen molar-refractivity contribution in [2.75, 3.05) is 24.6 Å². The van der Waals surface area contributed by atoms with E-state index in [9.17, 15) is 5.11 Å². The number of β-amino-alcohol motifs (C(OH)–C–C–N with tert-alkyl or cyclic N) is 1. The molecule has 4 heteroatoms. The second-order valence-corrected chi connectivity index (χ2v) is 4.42. The Balaban J connectivity index is 2.12. The van der Waals surface area contributed by atoms with E-state index in [0.717, 1.165) is 37.4 Å². The van der Waals surface area contributed by atoms with Gasteiger partial charge < -0.3 is 14.7 Å². The zero-order valence-electron chi connectivity index (χ0n) is 10.3. The van der Waals surface area contributed by atoms with Crippen LogP contribution in [0.4, 0.5) is 5.82 Å². The molecule has 0 aromatic carbocycles. The van der Waals surface area contributed by atoms with Gasteiger partial charge in [0.25, 0.3) is 0 Å². The number of ether oxygens (including phenoxy) is 1. The molecule has 1 saturated heterocycles. The topological polar surface area (TPSA) is 45.6 Å². The Kier molecular flexibility index (Phi) is 4.20. The van der Waals surface area contributed by atoms with Gasteiger partial charge in [-0.3, -0.25) is 0 Å². The first-order valence-corrected chi connectivity index (χ1v) is 6.32. The zero-order valence-corrected chi connectivity index (χ0v) is 10.3. The first kappa shape index (κ1) is 12.2. The number of aromatic nitrogens is 1. The van der Waals surface area contributed by atoms with Gasteiger partial charge in [0, 0.05) is 19.3 Å². The third-order valence-electron chi connectivity index (χ3n) is 2.91. The maximum Gasteiger partial charge on any atom is 0.171 e. The van der Waals surface area contributed by atoms with Crippen LogP contribution in [0.15, 0.2) is 18.3 Å². The minimum atomic E-state index is -0.246. The van der Waals surface area contributed by atoms with E-state index in [0.29, 0.717) is 13.2 Å². The van der Waals surface area contributed by atoms with Gasteiger partial charge in [0.05, 0.1) is 12.7 Å². The molecular formula is C13H20N2O2. The van der Waals surface area contributed by atoms with Crippen LogP contribution in [-0.4, -0.2) is 35.9 Å². The summed E-state index contributed by atoms with van der Waals surface area (Å²) >= 11 is 0. The molecule has 1 aliphatic rings. The van der Waals surface area contributed by atoms with Gasteiger partial charge in [-0.25, -0.2) is 4.98 Å². The van der Waals surface area contributed by atoms with E-state index in [2.05, 4.69) is 16.8 Å². The Morgan fingerprint density at radius 3 is 3.24 bits per heavy atom. The van der Waals surface area contributed by atoms with Gasteiger partial charge in [-0.1, -0.05) is 6.92 Å². The molecule has 1 aliphatic heterocycles. The molecule has 1 aromatic heterocycles. The first-order chi connectivity index (χ1) is 8.31. The third kappa shape index (κ3) is 3.09. The smallest absolute Gasteiger partial charge is 0.171 e. The summed E-state index contributed by atoms with van der Waals surface area (Å²) in [5.41, 5.74) is 0. The van der Waals surface area contributed by atoms with Crippen molar-refractivity contribution in [2.24, 2.45) is 0 Å². The number of piperidine rings is 1. The van der Waals surface area contributed by atoms with Crippen LogP contribution in [0.1, 0.15) is 26.2 Å². The molecule has 0 radical (unpaired) electrons. The maximum atomic E-state index is 9.70. The van der Waals surface area contributed by atoms with E-state index < -0.39 is 0 Å². The summed E-state index contributed by atoms with van der Waals surface area (Å²) in [5.74, 6) is 1.68. The average Bonchev–Trinajstić information content (AvgIpc) is 2.37. The molecule has 4 nitrogen and oxygen atoms in total. The fraction of sp³-hybridized carbons (Fsp3) is 0.615.